The van der Waals surface area contributed by atoms with Crippen molar-refractivity contribution in [3.8, 4) is 11.5 Å². The largest absolute Gasteiger partial charge is 0.493 e. The van der Waals surface area contributed by atoms with Crippen LogP contribution in [0.3, 0.4) is 0 Å². The summed E-state index contributed by atoms with van der Waals surface area (Å²) in [5.74, 6) is 0.503. The summed E-state index contributed by atoms with van der Waals surface area (Å²) >= 11 is 0. The van der Waals surface area contributed by atoms with Crippen molar-refractivity contribution in [3.05, 3.63) is 23.8 Å². The third kappa shape index (κ3) is 3.14. The number of amides is 2. The monoisotopic (exact) mass is 308 g/mol. The number of rotatable bonds is 5. The summed E-state index contributed by atoms with van der Waals surface area (Å²) in [5.41, 5.74) is 2.74. The van der Waals surface area contributed by atoms with Gasteiger partial charge in [-0.25, -0.2) is 5.48 Å². The SMILES string of the molecule is CONC(=O)[C@@H]1CCCN1C(=O)c1ccc(OC)c(OC)c1. The van der Waals surface area contributed by atoms with Crippen LogP contribution >= 0.6 is 0 Å². The third-order valence-corrected chi connectivity index (χ3v) is 3.65. The average molecular weight is 308 g/mol. The van der Waals surface area contributed by atoms with E-state index in [0.717, 1.165) is 6.42 Å². The van der Waals surface area contributed by atoms with Gasteiger partial charge in [-0.15, -0.1) is 0 Å². The molecule has 0 aliphatic carbocycles. The highest BCUT2D eigenvalue weighted by molar-refractivity contribution is 5.98. The van der Waals surface area contributed by atoms with Gasteiger partial charge in [0.2, 0.25) is 0 Å². The lowest BCUT2D eigenvalue weighted by molar-refractivity contribution is -0.135. The van der Waals surface area contributed by atoms with E-state index in [1.807, 2.05) is 0 Å². The molecule has 1 aliphatic heterocycles. The smallest absolute Gasteiger partial charge is 0.266 e. The predicted molar refractivity (Wildman–Crippen MR) is 78.8 cm³/mol. The maximum atomic E-state index is 12.6. The summed E-state index contributed by atoms with van der Waals surface area (Å²) in [7, 11) is 4.41. The zero-order chi connectivity index (χ0) is 16.1. The molecule has 0 unspecified atom stereocenters. The number of carbonyl (C=O) groups excluding carboxylic acids is 2. The summed E-state index contributed by atoms with van der Waals surface area (Å²) in [4.78, 5) is 30.8. The van der Waals surface area contributed by atoms with Crippen LogP contribution in [0.1, 0.15) is 23.2 Å². The van der Waals surface area contributed by atoms with E-state index in [-0.39, 0.29) is 11.8 Å². The van der Waals surface area contributed by atoms with E-state index in [9.17, 15) is 9.59 Å². The van der Waals surface area contributed by atoms with Gasteiger partial charge in [0.05, 0.1) is 21.3 Å². The highest BCUT2D eigenvalue weighted by Gasteiger charge is 2.34. The van der Waals surface area contributed by atoms with E-state index < -0.39 is 6.04 Å². The second kappa shape index (κ2) is 7.13. The van der Waals surface area contributed by atoms with E-state index in [1.54, 1.807) is 23.1 Å². The van der Waals surface area contributed by atoms with Gasteiger partial charge in [-0.1, -0.05) is 0 Å². The maximum absolute atomic E-state index is 12.6. The number of ether oxygens (including phenoxy) is 2. The Bertz CT molecular complexity index is 561. The number of nitrogens with one attached hydrogen (secondary N) is 1. The van der Waals surface area contributed by atoms with Crippen molar-refractivity contribution in [1.82, 2.24) is 10.4 Å². The maximum Gasteiger partial charge on any atom is 0.266 e. The molecule has 2 amide bonds. The molecule has 0 radical (unpaired) electrons. The van der Waals surface area contributed by atoms with E-state index in [1.165, 1.54) is 21.3 Å². The molecule has 1 saturated heterocycles. The highest BCUT2D eigenvalue weighted by atomic mass is 16.6. The quantitative estimate of drug-likeness (QED) is 0.821. The molecule has 0 spiro atoms. The molecule has 120 valence electrons. The second-order valence-electron chi connectivity index (χ2n) is 4.90. The van der Waals surface area contributed by atoms with Gasteiger partial charge >= 0.3 is 0 Å². The van der Waals surface area contributed by atoms with E-state index in [0.29, 0.717) is 30.0 Å². The molecule has 0 aromatic heterocycles. The molecule has 1 aliphatic rings. The normalized spacial score (nSPS) is 17.2. The molecule has 2 rings (SSSR count). The molecule has 1 heterocycles. The van der Waals surface area contributed by atoms with E-state index in [4.69, 9.17) is 9.47 Å². The minimum absolute atomic E-state index is 0.213. The number of likely N-dealkylation sites (tertiary alicyclic amines) is 1. The van der Waals surface area contributed by atoms with Crippen LogP contribution in [-0.4, -0.2) is 50.6 Å². The third-order valence-electron chi connectivity index (χ3n) is 3.65. The first-order valence-electron chi connectivity index (χ1n) is 6.98. The Morgan fingerprint density at radius 2 is 1.91 bits per heavy atom. The van der Waals surface area contributed by atoms with Crippen molar-refractivity contribution < 1.29 is 23.9 Å². The van der Waals surface area contributed by atoms with Crippen LogP contribution in [0.4, 0.5) is 0 Å². The van der Waals surface area contributed by atoms with Gasteiger partial charge in [-0.2, -0.15) is 0 Å². The van der Waals surface area contributed by atoms with Crippen molar-refractivity contribution in [1.29, 1.82) is 0 Å². The zero-order valence-electron chi connectivity index (χ0n) is 12.9. The number of hydroxylamine groups is 1. The van der Waals surface area contributed by atoms with Crippen molar-refractivity contribution in [2.45, 2.75) is 18.9 Å². The van der Waals surface area contributed by atoms with Crippen molar-refractivity contribution in [2.24, 2.45) is 0 Å². The van der Waals surface area contributed by atoms with Crippen molar-refractivity contribution in [3.63, 3.8) is 0 Å². The summed E-state index contributed by atoms with van der Waals surface area (Å²) < 4.78 is 10.4. The van der Waals surface area contributed by atoms with E-state index in [2.05, 4.69) is 10.3 Å². The summed E-state index contributed by atoms with van der Waals surface area (Å²) in [6, 6.07) is 4.44. The highest BCUT2D eigenvalue weighted by Crippen LogP contribution is 2.29. The molecule has 1 fully saturated rings. The fourth-order valence-corrected chi connectivity index (χ4v) is 2.59. The van der Waals surface area contributed by atoms with Crippen LogP contribution in [0.15, 0.2) is 18.2 Å². The first kappa shape index (κ1) is 16.1. The first-order chi connectivity index (χ1) is 10.6. The minimum atomic E-state index is -0.513. The van der Waals surface area contributed by atoms with Gasteiger partial charge in [-0.3, -0.25) is 14.4 Å². The van der Waals surface area contributed by atoms with Crippen LogP contribution in [0.25, 0.3) is 0 Å². The summed E-state index contributed by atoms with van der Waals surface area (Å²) in [6.07, 6.45) is 1.40. The van der Waals surface area contributed by atoms with Gasteiger partial charge in [-0.05, 0) is 31.0 Å². The van der Waals surface area contributed by atoms with Crippen LogP contribution in [0, 0.1) is 0 Å². The van der Waals surface area contributed by atoms with Gasteiger partial charge < -0.3 is 14.4 Å². The standard InChI is InChI=1S/C15H20N2O5/c1-20-12-7-6-10(9-13(12)21-2)15(19)17-8-4-5-11(17)14(18)16-22-3/h6-7,9,11H,4-5,8H2,1-3H3,(H,16,18)/t11-/m0/s1. The number of hydrogen-bond donors (Lipinski definition) is 1. The summed E-state index contributed by atoms with van der Waals surface area (Å²) in [6.45, 7) is 0.537. The number of hydrogen-bond acceptors (Lipinski definition) is 5. The molecule has 22 heavy (non-hydrogen) atoms. The molecule has 0 bridgehead atoms. The van der Waals surface area contributed by atoms with Gasteiger partial charge in [0, 0.05) is 12.1 Å². The molecule has 1 atom stereocenters. The van der Waals surface area contributed by atoms with Gasteiger partial charge in [0.25, 0.3) is 11.8 Å². The Kier molecular flexibility index (Phi) is 5.21. The molecular formula is C15H20N2O5. The molecule has 0 saturated carbocycles. The Labute approximate surface area is 129 Å². The Balaban J connectivity index is 2.21. The van der Waals surface area contributed by atoms with Crippen LogP contribution in [-0.2, 0) is 9.63 Å². The van der Waals surface area contributed by atoms with Gasteiger partial charge in [0.15, 0.2) is 11.5 Å². The zero-order valence-corrected chi connectivity index (χ0v) is 12.9. The Morgan fingerprint density at radius 1 is 1.18 bits per heavy atom. The van der Waals surface area contributed by atoms with E-state index >= 15 is 0 Å². The minimum Gasteiger partial charge on any atom is -0.493 e. The fraction of sp³-hybridized carbons (Fsp3) is 0.467. The molecule has 7 nitrogen and oxygen atoms in total. The number of nitrogens with zero attached hydrogens (tertiary/aromatic N) is 1. The van der Waals surface area contributed by atoms with Crippen molar-refractivity contribution in [2.75, 3.05) is 27.9 Å². The first-order valence-corrected chi connectivity index (χ1v) is 6.98. The molecule has 7 heteroatoms. The molecule has 1 aromatic carbocycles. The second-order valence-corrected chi connectivity index (χ2v) is 4.90. The fourth-order valence-electron chi connectivity index (χ4n) is 2.59. The molecule has 1 aromatic rings. The number of benzene rings is 1. The Hall–Kier alpha value is -2.28. The topological polar surface area (TPSA) is 77.1 Å². The average Bonchev–Trinajstić information content (AvgIpc) is 3.03. The van der Waals surface area contributed by atoms with Crippen LogP contribution in [0.2, 0.25) is 0 Å². The van der Waals surface area contributed by atoms with Crippen molar-refractivity contribution >= 4 is 11.8 Å². The lowest BCUT2D eigenvalue weighted by Crippen LogP contribution is -2.45. The van der Waals surface area contributed by atoms with Crippen LogP contribution in [0.5, 0.6) is 11.5 Å². The predicted octanol–water partition coefficient (Wildman–Crippen LogP) is 0.986. The number of methoxy groups -OCH3 is 2. The lowest BCUT2D eigenvalue weighted by atomic mass is 10.1. The van der Waals surface area contributed by atoms with Gasteiger partial charge in [0.1, 0.15) is 6.04 Å². The Morgan fingerprint density at radius 3 is 2.55 bits per heavy atom. The van der Waals surface area contributed by atoms with Crippen LogP contribution < -0.4 is 15.0 Å². The summed E-state index contributed by atoms with van der Waals surface area (Å²) in [5, 5.41) is 0. The lowest BCUT2D eigenvalue weighted by Gasteiger charge is -2.23. The number of carbonyl (C=O) groups is 2. The molecule has 1 N–H and O–H groups in total. The molecular weight excluding hydrogens is 288 g/mol.